The summed E-state index contributed by atoms with van der Waals surface area (Å²) in [6.07, 6.45) is 3.81. The van der Waals surface area contributed by atoms with Gasteiger partial charge in [-0.15, -0.1) is 0 Å². The first-order chi connectivity index (χ1) is 16.4. The smallest absolute Gasteiger partial charge is 0.414 e. The first kappa shape index (κ1) is 24.9. The fraction of sp³-hybridized carbons (Fsp3) is 0.308. The van der Waals surface area contributed by atoms with Crippen LogP contribution in [0.4, 0.5) is 0 Å². The third-order valence-electron chi connectivity index (χ3n) is 5.65. The Bertz CT molecular complexity index is 1100. The quantitative estimate of drug-likeness (QED) is 0.460. The molecule has 4 rings (SSSR count). The van der Waals surface area contributed by atoms with Crippen molar-refractivity contribution < 1.29 is 24.6 Å². The van der Waals surface area contributed by atoms with Crippen LogP contribution in [0.1, 0.15) is 36.6 Å². The molecule has 1 fully saturated rings. The van der Waals surface area contributed by atoms with Crippen molar-refractivity contribution in [2.75, 3.05) is 19.6 Å². The van der Waals surface area contributed by atoms with Gasteiger partial charge < -0.3 is 20.4 Å². The zero-order valence-corrected chi connectivity index (χ0v) is 18.9. The molecule has 0 radical (unpaired) electrons. The second kappa shape index (κ2) is 12.5. The molecule has 1 atom stereocenters. The number of pyridine rings is 1. The zero-order chi connectivity index (χ0) is 24.3. The number of aromatic nitrogens is 1. The summed E-state index contributed by atoms with van der Waals surface area (Å²) in [5.74, 6) is -3.62. The molecule has 0 spiro atoms. The van der Waals surface area contributed by atoms with Crippen molar-refractivity contribution >= 4 is 28.7 Å². The third-order valence-corrected chi connectivity index (χ3v) is 5.65. The van der Waals surface area contributed by atoms with Crippen LogP contribution in [-0.2, 0) is 20.8 Å². The number of fused-ring (bicyclic) bond motifs is 1. The number of carboxylic acid groups (broad SMARTS) is 2. The second-order valence-corrected chi connectivity index (χ2v) is 8.15. The molecule has 3 N–H and O–H groups in total. The lowest BCUT2D eigenvalue weighted by Gasteiger charge is -2.22. The molecule has 2 aromatic carbocycles. The van der Waals surface area contributed by atoms with E-state index in [4.69, 9.17) is 19.8 Å². The number of nitrogens with zero attached hydrogens (tertiary/aromatic N) is 2. The maximum absolute atomic E-state index is 12.8. The Labute approximate surface area is 198 Å². The van der Waals surface area contributed by atoms with Gasteiger partial charge in [0, 0.05) is 11.9 Å². The van der Waals surface area contributed by atoms with Crippen LogP contribution < -0.4 is 5.32 Å². The van der Waals surface area contributed by atoms with E-state index >= 15 is 0 Å². The van der Waals surface area contributed by atoms with Crippen molar-refractivity contribution in [2.24, 2.45) is 0 Å². The number of amides is 1. The van der Waals surface area contributed by atoms with E-state index in [1.807, 2.05) is 54.6 Å². The van der Waals surface area contributed by atoms with Gasteiger partial charge in [-0.25, -0.2) is 9.59 Å². The van der Waals surface area contributed by atoms with Gasteiger partial charge in [-0.2, -0.15) is 0 Å². The summed E-state index contributed by atoms with van der Waals surface area (Å²) in [5.41, 5.74) is 2.91. The van der Waals surface area contributed by atoms with Crippen LogP contribution in [0.25, 0.3) is 10.9 Å². The third kappa shape index (κ3) is 7.67. The summed E-state index contributed by atoms with van der Waals surface area (Å²) in [4.78, 5) is 38.1. The van der Waals surface area contributed by atoms with Crippen LogP contribution in [-0.4, -0.2) is 57.6 Å². The Morgan fingerprint density at radius 3 is 2.21 bits per heavy atom. The fourth-order valence-electron chi connectivity index (χ4n) is 3.94. The molecule has 0 bridgehead atoms. The summed E-state index contributed by atoms with van der Waals surface area (Å²) < 4.78 is 0. The van der Waals surface area contributed by atoms with Crippen molar-refractivity contribution in [3.63, 3.8) is 0 Å². The molecule has 8 heteroatoms. The molecule has 2 heterocycles. The SMILES string of the molecule is O=C(Cc1ccc2ccccc2n1)NC(CCN1CCCC1)c1ccccc1.O=C(O)C(=O)O. The molecule has 8 nitrogen and oxygen atoms in total. The van der Waals surface area contributed by atoms with E-state index in [1.165, 1.54) is 31.5 Å². The van der Waals surface area contributed by atoms with Crippen LogP contribution in [0.2, 0.25) is 0 Å². The number of hydrogen-bond acceptors (Lipinski definition) is 5. The average molecular weight is 464 g/mol. The van der Waals surface area contributed by atoms with Crippen LogP contribution in [0.5, 0.6) is 0 Å². The Kier molecular flexibility index (Phi) is 9.11. The number of benzene rings is 2. The van der Waals surface area contributed by atoms with Crippen molar-refractivity contribution in [1.82, 2.24) is 15.2 Å². The molecule has 1 aliphatic rings. The van der Waals surface area contributed by atoms with E-state index in [0.717, 1.165) is 29.6 Å². The number of nitrogens with one attached hydrogen (secondary N) is 1. The molecule has 1 aliphatic heterocycles. The number of para-hydroxylation sites is 1. The lowest BCUT2D eigenvalue weighted by molar-refractivity contribution is -0.159. The predicted octanol–water partition coefficient (Wildman–Crippen LogP) is 3.28. The average Bonchev–Trinajstić information content (AvgIpc) is 3.36. The number of carboxylic acids is 2. The van der Waals surface area contributed by atoms with Gasteiger partial charge in [0.2, 0.25) is 5.91 Å². The number of aliphatic carboxylic acids is 2. The number of carbonyl (C=O) groups is 3. The minimum absolute atomic E-state index is 0.0260. The van der Waals surface area contributed by atoms with E-state index in [-0.39, 0.29) is 11.9 Å². The normalized spacial score (nSPS) is 14.1. The lowest BCUT2D eigenvalue weighted by Crippen LogP contribution is -2.33. The van der Waals surface area contributed by atoms with Crippen LogP contribution in [0.15, 0.2) is 66.7 Å². The molecule has 3 aromatic rings. The van der Waals surface area contributed by atoms with E-state index in [0.29, 0.717) is 6.42 Å². The summed E-state index contributed by atoms with van der Waals surface area (Å²) in [6, 6.07) is 22.3. The van der Waals surface area contributed by atoms with Crippen LogP contribution in [0, 0.1) is 0 Å². The summed E-state index contributed by atoms with van der Waals surface area (Å²) in [5, 5.41) is 19.1. The fourth-order valence-corrected chi connectivity index (χ4v) is 3.94. The highest BCUT2D eigenvalue weighted by Gasteiger charge is 2.18. The molecular formula is C26H29N3O5. The van der Waals surface area contributed by atoms with E-state index < -0.39 is 11.9 Å². The maximum Gasteiger partial charge on any atom is 0.414 e. The summed E-state index contributed by atoms with van der Waals surface area (Å²) in [7, 11) is 0. The van der Waals surface area contributed by atoms with Gasteiger partial charge in [-0.1, -0.05) is 54.6 Å². The Balaban J connectivity index is 0.000000481. The number of rotatable bonds is 7. The van der Waals surface area contributed by atoms with Gasteiger partial charge in [0.1, 0.15) is 0 Å². The van der Waals surface area contributed by atoms with Crippen LogP contribution >= 0.6 is 0 Å². The number of carbonyl (C=O) groups excluding carboxylic acids is 1. The zero-order valence-electron chi connectivity index (χ0n) is 18.9. The molecule has 1 aromatic heterocycles. The van der Waals surface area contributed by atoms with Gasteiger partial charge in [-0.05, 0) is 50.0 Å². The highest BCUT2D eigenvalue weighted by atomic mass is 16.4. The molecule has 1 unspecified atom stereocenters. The standard InChI is InChI=1S/C24H27N3O.C2H2O4/c28-24(18-21-13-12-20-10-4-5-11-22(20)25-21)26-23(19-8-2-1-3-9-19)14-17-27-15-6-7-16-27;3-1(4)2(5)6/h1-5,8-13,23H,6-7,14-18H2,(H,26,28);(H,3,4)(H,5,6). The van der Waals surface area contributed by atoms with Crippen molar-refractivity contribution in [3.8, 4) is 0 Å². The molecule has 1 amide bonds. The van der Waals surface area contributed by atoms with Gasteiger partial charge in [0.15, 0.2) is 0 Å². The van der Waals surface area contributed by atoms with Gasteiger partial charge in [-0.3, -0.25) is 9.78 Å². The summed E-state index contributed by atoms with van der Waals surface area (Å²) in [6.45, 7) is 3.38. The first-order valence-corrected chi connectivity index (χ1v) is 11.3. The number of likely N-dealkylation sites (tertiary alicyclic amines) is 1. The second-order valence-electron chi connectivity index (χ2n) is 8.15. The van der Waals surface area contributed by atoms with E-state index in [1.54, 1.807) is 0 Å². The van der Waals surface area contributed by atoms with Crippen molar-refractivity contribution in [2.45, 2.75) is 31.7 Å². The monoisotopic (exact) mass is 463 g/mol. The van der Waals surface area contributed by atoms with E-state index in [2.05, 4.69) is 27.3 Å². The van der Waals surface area contributed by atoms with Crippen molar-refractivity contribution in [1.29, 1.82) is 0 Å². The van der Waals surface area contributed by atoms with Gasteiger partial charge >= 0.3 is 11.9 Å². The first-order valence-electron chi connectivity index (χ1n) is 11.3. The molecule has 0 aliphatic carbocycles. The highest BCUT2D eigenvalue weighted by molar-refractivity contribution is 6.27. The number of hydrogen-bond donors (Lipinski definition) is 3. The molecular weight excluding hydrogens is 434 g/mol. The molecule has 1 saturated heterocycles. The Morgan fingerprint density at radius 2 is 1.53 bits per heavy atom. The minimum atomic E-state index is -1.82. The molecule has 34 heavy (non-hydrogen) atoms. The lowest BCUT2D eigenvalue weighted by atomic mass is 10.0. The summed E-state index contributed by atoms with van der Waals surface area (Å²) >= 11 is 0. The topological polar surface area (TPSA) is 120 Å². The Hall–Kier alpha value is -3.78. The van der Waals surface area contributed by atoms with E-state index in [9.17, 15) is 4.79 Å². The van der Waals surface area contributed by atoms with Gasteiger partial charge in [0.05, 0.1) is 23.7 Å². The van der Waals surface area contributed by atoms with Crippen molar-refractivity contribution in [3.05, 3.63) is 78.0 Å². The predicted molar refractivity (Wildman–Crippen MR) is 128 cm³/mol. The molecule has 0 saturated carbocycles. The molecule has 178 valence electrons. The minimum Gasteiger partial charge on any atom is -0.473 e. The van der Waals surface area contributed by atoms with Crippen LogP contribution in [0.3, 0.4) is 0 Å². The maximum atomic E-state index is 12.8. The Morgan fingerprint density at radius 1 is 0.882 bits per heavy atom. The van der Waals surface area contributed by atoms with Gasteiger partial charge in [0.25, 0.3) is 0 Å². The highest BCUT2D eigenvalue weighted by Crippen LogP contribution is 2.19. The largest absolute Gasteiger partial charge is 0.473 e.